The molecule has 3 nitrogen and oxygen atoms in total. The highest BCUT2D eigenvalue weighted by Gasteiger charge is 2.30. The maximum Gasteiger partial charge on any atom is 0.292 e. The van der Waals surface area contributed by atoms with E-state index in [1.807, 2.05) is 0 Å². The third-order valence-electron chi connectivity index (χ3n) is 2.07. The number of halogens is 3. The third-order valence-corrected chi connectivity index (χ3v) is 2.07. The molecule has 0 aliphatic rings. The van der Waals surface area contributed by atoms with Crippen LogP contribution < -0.4 is 5.56 Å². The number of nitrogens with zero attached hydrogens (tertiary/aromatic N) is 1. The van der Waals surface area contributed by atoms with E-state index < -0.39 is 23.0 Å². The van der Waals surface area contributed by atoms with Gasteiger partial charge in [0.1, 0.15) is 5.82 Å². The van der Waals surface area contributed by atoms with Gasteiger partial charge in [-0.3, -0.25) is 4.79 Å². The summed E-state index contributed by atoms with van der Waals surface area (Å²) in [5.74, 6) is -3.89. The van der Waals surface area contributed by atoms with E-state index in [9.17, 15) is 18.0 Å². The van der Waals surface area contributed by atoms with E-state index in [1.54, 1.807) is 0 Å². The molecule has 16 heavy (non-hydrogen) atoms. The van der Waals surface area contributed by atoms with E-state index in [-0.39, 0.29) is 11.0 Å². The third kappa shape index (κ3) is 1.78. The number of rotatable bonds is 1. The number of fused-ring (bicyclic) bond motifs is 1. The first kappa shape index (κ1) is 10.7. The molecule has 0 atom stereocenters. The molecular formula is C10H7F3N2O. The Kier molecular flexibility index (Phi) is 2.22. The number of hydrogen-bond acceptors (Lipinski definition) is 2. The van der Waals surface area contributed by atoms with Crippen molar-refractivity contribution in [3.63, 3.8) is 0 Å². The molecule has 0 radical (unpaired) electrons. The van der Waals surface area contributed by atoms with Gasteiger partial charge >= 0.3 is 0 Å². The highest BCUT2D eigenvalue weighted by molar-refractivity contribution is 5.73. The molecule has 1 aromatic carbocycles. The number of nitrogens with one attached hydrogen (secondary N) is 1. The van der Waals surface area contributed by atoms with Gasteiger partial charge in [0.25, 0.3) is 11.5 Å². The Bertz CT molecular complexity index is 601. The Morgan fingerprint density at radius 2 is 2.06 bits per heavy atom. The molecular weight excluding hydrogens is 221 g/mol. The Balaban J connectivity index is 2.78. The maximum atomic E-state index is 13.0. The molecule has 0 fully saturated rings. The number of hydrogen-bond donors (Lipinski definition) is 1. The molecule has 84 valence electrons. The van der Waals surface area contributed by atoms with Crippen LogP contribution in [-0.4, -0.2) is 9.97 Å². The molecule has 0 aliphatic heterocycles. The SMILES string of the molecule is CC(F)(F)c1nc2ccc(F)cc2[nH]c1=O. The second kappa shape index (κ2) is 3.33. The molecule has 1 N–H and O–H groups in total. The van der Waals surface area contributed by atoms with Crippen molar-refractivity contribution in [1.29, 1.82) is 0 Å². The highest BCUT2D eigenvalue weighted by Crippen LogP contribution is 2.23. The van der Waals surface area contributed by atoms with E-state index in [4.69, 9.17) is 0 Å². The number of aromatic nitrogens is 2. The normalized spacial score (nSPS) is 12.0. The lowest BCUT2D eigenvalue weighted by Crippen LogP contribution is -2.24. The fourth-order valence-electron chi connectivity index (χ4n) is 1.36. The summed E-state index contributed by atoms with van der Waals surface area (Å²) < 4.78 is 38.7. The maximum absolute atomic E-state index is 13.0. The van der Waals surface area contributed by atoms with Gasteiger partial charge in [-0.1, -0.05) is 0 Å². The molecule has 2 rings (SSSR count). The Morgan fingerprint density at radius 3 is 2.69 bits per heavy atom. The molecule has 1 aromatic heterocycles. The van der Waals surface area contributed by atoms with Gasteiger partial charge in [0.2, 0.25) is 0 Å². The molecule has 1 heterocycles. The summed E-state index contributed by atoms with van der Waals surface area (Å²) in [5.41, 5.74) is -1.66. The molecule has 0 amide bonds. The van der Waals surface area contributed by atoms with Crippen molar-refractivity contribution < 1.29 is 13.2 Å². The van der Waals surface area contributed by atoms with Crippen LogP contribution in [0.1, 0.15) is 12.6 Å². The van der Waals surface area contributed by atoms with Gasteiger partial charge < -0.3 is 4.98 Å². The van der Waals surface area contributed by atoms with Crippen LogP contribution in [0, 0.1) is 5.82 Å². The van der Waals surface area contributed by atoms with E-state index in [0.717, 1.165) is 12.1 Å². The summed E-state index contributed by atoms with van der Waals surface area (Å²) in [5, 5.41) is 0. The quantitative estimate of drug-likeness (QED) is 0.813. The van der Waals surface area contributed by atoms with Gasteiger partial charge in [-0.15, -0.1) is 0 Å². The van der Waals surface area contributed by atoms with Gasteiger partial charge in [0.05, 0.1) is 11.0 Å². The van der Waals surface area contributed by atoms with Gasteiger partial charge in [0.15, 0.2) is 5.69 Å². The summed E-state index contributed by atoms with van der Waals surface area (Å²) in [6, 6.07) is 3.35. The second-order valence-electron chi connectivity index (χ2n) is 3.46. The van der Waals surface area contributed by atoms with Gasteiger partial charge in [-0.05, 0) is 18.2 Å². The average Bonchev–Trinajstić information content (AvgIpc) is 2.14. The topological polar surface area (TPSA) is 45.8 Å². The van der Waals surface area contributed by atoms with Gasteiger partial charge in [-0.2, -0.15) is 8.78 Å². The standard InChI is InChI=1S/C10H7F3N2O/c1-10(12,13)8-9(16)15-7-4-5(11)2-3-6(7)14-8/h2-4H,1H3,(H,15,16). The molecule has 0 bridgehead atoms. The zero-order valence-corrected chi connectivity index (χ0v) is 8.22. The zero-order valence-electron chi connectivity index (χ0n) is 8.22. The van der Waals surface area contributed by atoms with E-state index >= 15 is 0 Å². The highest BCUT2D eigenvalue weighted by atomic mass is 19.3. The minimum Gasteiger partial charge on any atom is -0.319 e. The van der Waals surface area contributed by atoms with Crippen molar-refractivity contribution in [2.75, 3.05) is 0 Å². The van der Waals surface area contributed by atoms with E-state index in [2.05, 4.69) is 9.97 Å². The Hall–Kier alpha value is -1.85. The lowest BCUT2D eigenvalue weighted by molar-refractivity contribution is 0.0115. The molecule has 0 spiro atoms. The predicted octanol–water partition coefficient (Wildman–Crippen LogP) is 2.17. The van der Waals surface area contributed by atoms with Crippen molar-refractivity contribution in [2.24, 2.45) is 0 Å². The fourth-order valence-corrected chi connectivity index (χ4v) is 1.36. The van der Waals surface area contributed by atoms with E-state index in [0.29, 0.717) is 6.92 Å². The fraction of sp³-hybridized carbons (Fsp3) is 0.200. The number of aromatic amines is 1. The van der Waals surface area contributed by atoms with Crippen LogP contribution in [0.25, 0.3) is 11.0 Å². The molecule has 0 aliphatic carbocycles. The smallest absolute Gasteiger partial charge is 0.292 e. The van der Waals surface area contributed by atoms with Gasteiger partial charge in [-0.25, -0.2) is 9.37 Å². The molecule has 2 aromatic rings. The molecule has 0 unspecified atom stereocenters. The van der Waals surface area contributed by atoms with Crippen LogP contribution >= 0.6 is 0 Å². The number of H-pyrrole nitrogens is 1. The van der Waals surface area contributed by atoms with Crippen molar-refractivity contribution in [3.8, 4) is 0 Å². The van der Waals surface area contributed by atoms with Crippen LogP contribution in [-0.2, 0) is 5.92 Å². The average molecular weight is 228 g/mol. The Labute approximate surface area is 87.9 Å². The second-order valence-corrected chi connectivity index (χ2v) is 3.46. The summed E-state index contributed by atoms with van der Waals surface area (Å²) in [4.78, 5) is 17.0. The summed E-state index contributed by atoms with van der Waals surface area (Å²) in [6.45, 7) is 0.583. The van der Waals surface area contributed by atoms with Crippen molar-refractivity contribution in [3.05, 3.63) is 40.1 Å². The lowest BCUT2D eigenvalue weighted by atomic mass is 10.2. The lowest BCUT2D eigenvalue weighted by Gasteiger charge is -2.08. The molecule has 0 saturated heterocycles. The van der Waals surface area contributed by atoms with Crippen molar-refractivity contribution in [1.82, 2.24) is 9.97 Å². The number of benzene rings is 1. The first-order chi connectivity index (χ1) is 7.38. The minimum absolute atomic E-state index is 0.0954. The van der Waals surface area contributed by atoms with Gasteiger partial charge in [0, 0.05) is 6.92 Å². The molecule has 0 saturated carbocycles. The van der Waals surface area contributed by atoms with Crippen molar-refractivity contribution >= 4 is 11.0 Å². The first-order valence-electron chi connectivity index (χ1n) is 4.46. The number of alkyl halides is 2. The Morgan fingerprint density at radius 1 is 1.38 bits per heavy atom. The van der Waals surface area contributed by atoms with Crippen LogP contribution in [0.3, 0.4) is 0 Å². The monoisotopic (exact) mass is 228 g/mol. The summed E-state index contributed by atoms with van der Waals surface area (Å²) >= 11 is 0. The van der Waals surface area contributed by atoms with Crippen LogP contribution in [0.15, 0.2) is 23.0 Å². The zero-order chi connectivity index (χ0) is 11.9. The predicted molar refractivity (Wildman–Crippen MR) is 51.9 cm³/mol. The molecule has 6 heteroatoms. The summed E-state index contributed by atoms with van der Waals surface area (Å²) in [7, 11) is 0. The van der Waals surface area contributed by atoms with Crippen LogP contribution in [0.5, 0.6) is 0 Å². The van der Waals surface area contributed by atoms with Crippen molar-refractivity contribution in [2.45, 2.75) is 12.8 Å². The minimum atomic E-state index is -3.32. The largest absolute Gasteiger partial charge is 0.319 e. The van der Waals surface area contributed by atoms with Crippen LogP contribution in [0.2, 0.25) is 0 Å². The van der Waals surface area contributed by atoms with Crippen LogP contribution in [0.4, 0.5) is 13.2 Å². The first-order valence-corrected chi connectivity index (χ1v) is 4.46. The summed E-state index contributed by atoms with van der Waals surface area (Å²) in [6.07, 6.45) is 0. The van der Waals surface area contributed by atoms with E-state index in [1.165, 1.54) is 6.07 Å².